The normalized spacial score (nSPS) is 18.0. The molecule has 1 unspecified atom stereocenters. The van der Waals surface area contributed by atoms with E-state index < -0.39 is 17.3 Å². The molecule has 104 valence electrons. The molecule has 1 aromatic heterocycles. The third-order valence-corrected chi connectivity index (χ3v) is 3.63. The van der Waals surface area contributed by atoms with E-state index in [-0.39, 0.29) is 11.4 Å². The minimum atomic E-state index is -1.00. The van der Waals surface area contributed by atoms with Crippen LogP contribution in [0.2, 0.25) is 0 Å². The van der Waals surface area contributed by atoms with E-state index in [4.69, 9.17) is 0 Å². The van der Waals surface area contributed by atoms with Crippen molar-refractivity contribution < 1.29 is 8.78 Å². The van der Waals surface area contributed by atoms with E-state index in [0.29, 0.717) is 17.5 Å². The van der Waals surface area contributed by atoms with Gasteiger partial charge in [-0.1, -0.05) is 6.92 Å². The molecule has 6 heteroatoms. The van der Waals surface area contributed by atoms with Crippen molar-refractivity contribution in [1.29, 1.82) is 0 Å². The fraction of sp³-hybridized carbons (Fsp3) is 0.357. The van der Waals surface area contributed by atoms with Crippen LogP contribution in [0, 0.1) is 11.6 Å². The summed E-state index contributed by atoms with van der Waals surface area (Å²) >= 11 is 0. The van der Waals surface area contributed by atoms with Crippen LogP contribution in [0.1, 0.15) is 38.3 Å². The van der Waals surface area contributed by atoms with Crippen LogP contribution in [-0.2, 0) is 0 Å². The van der Waals surface area contributed by atoms with Gasteiger partial charge in [0.15, 0.2) is 11.6 Å². The summed E-state index contributed by atoms with van der Waals surface area (Å²) in [6, 6.07) is 2.06. The standard InChI is InChI=1S/C14H13F2N3O/c1-3-8-4-7(2)18-19-13(8)9-5-10(15)11(16)6-12(9)17-14(19)20/h5-6,8H,3-4H2,1-2H3. The lowest BCUT2D eigenvalue weighted by molar-refractivity contribution is 0.509. The van der Waals surface area contributed by atoms with Gasteiger partial charge in [0.25, 0.3) is 0 Å². The first-order chi connectivity index (χ1) is 9.51. The average Bonchev–Trinajstić information content (AvgIpc) is 2.40. The molecular weight excluding hydrogens is 264 g/mol. The number of hydrogen-bond acceptors (Lipinski definition) is 3. The number of halogens is 2. The van der Waals surface area contributed by atoms with E-state index in [1.807, 2.05) is 13.8 Å². The van der Waals surface area contributed by atoms with Crippen LogP contribution in [0.15, 0.2) is 22.0 Å². The van der Waals surface area contributed by atoms with Crippen LogP contribution in [0.25, 0.3) is 10.9 Å². The highest BCUT2D eigenvalue weighted by Crippen LogP contribution is 2.32. The van der Waals surface area contributed by atoms with Crippen molar-refractivity contribution in [1.82, 2.24) is 9.66 Å². The van der Waals surface area contributed by atoms with Gasteiger partial charge in [0, 0.05) is 23.1 Å². The van der Waals surface area contributed by atoms with E-state index in [1.165, 1.54) is 4.68 Å². The molecule has 1 aliphatic heterocycles. The molecule has 1 aliphatic rings. The van der Waals surface area contributed by atoms with Crippen LogP contribution in [0.3, 0.4) is 0 Å². The Labute approximate surface area is 113 Å². The van der Waals surface area contributed by atoms with Gasteiger partial charge in [0.2, 0.25) is 0 Å². The largest absolute Gasteiger partial charge is 0.369 e. The minimum Gasteiger partial charge on any atom is -0.244 e. The minimum absolute atomic E-state index is 0.0514. The number of hydrogen-bond donors (Lipinski definition) is 0. The predicted molar refractivity (Wildman–Crippen MR) is 72.1 cm³/mol. The highest BCUT2D eigenvalue weighted by atomic mass is 19.2. The predicted octanol–water partition coefficient (Wildman–Crippen LogP) is 2.80. The zero-order valence-electron chi connectivity index (χ0n) is 11.2. The van der Waals surface area contributed by atoms with Gasteiger partial charge in [0.1, 0.15) is 0 Å². The zero-order valence-corrected chi connectivity index (χ0v) is 11.2. The molecular formula is C14H13F2N3O. The summed E-state index contributed by atoms with van der Waals surface area (Å²) < 4.78 is 28.0. The third-order valence-electron chi connectivity index (χ3n) is 3.63. The van der Waals surface area contributed by atoms with Crippen molar-refractivity contribution in [3.8, 4) is 0 Å². The van der Waals surface area contributed by atoms with Crippen LogP contribution in [0.4, 0.5) is 8.78 Å². The van der Waals surface area contributed by atoms with Gasteiger partial charge in [-0.2, -0.15) is 14.8 Å². The lowest BCUT2D eigenvalue weighted by atomic mass is 9.92. The average molecular weight is 277 g/mol. The number of nitrogens with zero attached hydrogens (tertiary/aromatic N) is 3. The zero-order chi connectivity index (χ0) is 14.4. The van der Waals surface area contributed by atoms with Gasteiger partial charge in [-0.25, -0.2) is 13.6 Å². The van der Waals surface area contributed by atoms with Gasteiger partial charge in [-0.3, -0.25) is 0 Å². The first-order valence-electron chi connectivity index (χ1n) is 6.47. The van der Waals surface area contributed by atoms with Crippen LogP contribution < -0.4 is 5.69 Å². The second-order valence-corrected chi connectivity index (χ2v) is 5.02. The van der Waals surface area contributed by atoms with Crippen molar-refractivity contribution in [2.45, 2.75) is 32.6 Å². The summed E-state index contributed by atoms with van der Waals surface area (Å²) in [4.78, 5) is 15.8. The monoisotopic (exact) mass is 277 g/mol. The maximum atomic E-state index is 13.5. The van der Waals surface area contributed by atoms with Gasteiger partial charge in [-0.15, -0.1) is 0 Å². The van der Waals surface area contributed by atoms with Crippen LogP contribution in [-0.4, -0.2) is 15.4 Å². The first-order valence-corrected chi connectivity index (χ1v) is 6.47. The van der Waals surface area contributed by atoms with Crippen molar-refractivity contribution in [3.63, 3.8) is 0 Å². The molecule has 20 heavy (non-hydrogen) atoms. The summed E-state index contributed by atoms with van der Waals surface area (Å²) in [7, 11) is 0. The van der Waals surface area contributed by atoms with E-state index in [2.05, 4.69) is 10.1 Å². The quantitative estimate of drug-likeness (QED) is 0.804. The van der Waals surface area contributed by atoms with Crippen LogP contribution in [0.5, 0.6) is 0 Å². The highest BCUT2D eigenvalue weighted by Gasteiger charge is 2.25. The summed E-state index contributed by atoms with van der Waals surface area (Å²) in [6.45, 7) is 3.83. The highest BCUT2D eigenvalue weighted by molar-refractivity contribution is 5.87. The molecule has 0 spiro atoms. The van der Waals surface area contributed by atoms with Crippen LogP contribution >= 0.6 is 0 Å². The maximum Gasteiger partial charge on any atom is 0.369 e. The van der Waals surface area contributed by atoms with Crippen molar-refractivity contribution in [2.75, 3.05) is 0 Å². The Kier molecular flexibility index (Phi) is 2.88. The summed E-state index contributed by atoms with van der Waals surface area (Å²) in [6.07, 6.45) is 1.48. The molecule has 4 nitrogen and oxygen atoms in total. The number of benzene rings is 1. The van der Waals surface area contributed by atoms with E-state index in [9.17, 15) is 13.6 Å². The Hall–Kier alpha value is -2.11. The Balaban J connectivity index is 2.46. The Bertz CT molecular complexity index is 795. The lowest BCUT2D eigenvalue weighted by Crippen LogP contribution is -2.29. The third kappa shape index (κ3) is 1.83. The maximum absolute atomic E-state index is 13.5. The fourth-order valence-electron chi connectivity index (χ4n) is 2.69. The second-order valence-electron chi connectivity index (χ2n) is 5.02. The van der Waals surface area contributed by atoms with Crippen molar-refractivity contribution in [3.05, 3.63) is 39.9 Å². The molecule has 2 aromatic rings. The molecule has 0 radical (unpaired) electrons. The molecule has 1 aromatic carbocycles. The van der Waals surface area contributed by atoms with Gasteiger partial charge >= 0.3 is 5.69 Å². The molecule has 2 heterocycles. The van der Waals surface area contributed by atoms with Gasteiger partial charge in [-0.05, 0) is 25.8 Å². The molecule has 3 rings (SSSR count). The van der Waals surface area contributed by atoms with Gasteiger partial charge < -0.3 is 0 Å². The van der Waals surface area contributed by atoms with Gasteiger partial charge in [0.05, 0.1) is 11.2 Å². The molecule has 0 saturated carbocycles. The molecule has 0 bridgehead atoms. The summed E-state index contributed by atoms with van der Waals surface area (Å²) in [5.41, 5.74) is 1.06. The van der Waals surface area contributed by atoms with Crippen molar-refractivity contribution in [2.24, 2.45) is 5.10 Å². The summed E-state index contributed by atoms with van der Waals surface area (Å²) in [5, 5.41) is 4.64. The molecule has 0 saturated heterocycles. The Morgan fingerprint density at radius 3 is 2.75 bits per heavy atom. The molecule has 0 N–H and O–H groups in total. The van der Waals surface area contributed by atoms with E-state index in [1.54, 1.807) is 0 Å². The Morgan fingerprint density at radius 2 is 2.05 bits per heavy atom. The molecule has 0 amide bonds. The fourth-order valence-corrected chi connectivity index (χ4v) is 2.69. The van der Waals surface area contributed by atoms with Crippen molar-refractivity contribution >= 4 is 16.6 Å². The SMILES string of the molecule is CCC1CC(C)=Nn2c1c1cc(F)c(F)cc1nc2=O. The lowest BCUT2D eigenvalue weighted by Gasteiger charge is -2.24. The molecule has 1 atom stereocenters. The van der Waals surface area contributed by atoms with E-state index in [0.717, 1.165) is 24.3 Å². The smallest absolute Gasteiger partial charge is 0.244 e. The number of fused-ring (bicyclic) bond motifs is 3. The molecule has 0 aliphatic carbocycles. The Morgan fingerprint density at radius 1 is 1.35 bits per heavy atom. The second kappa shape index (κ2) is 4.47. The van der Waals surface area contributed by atoms with E-state index >= 15 is 0 Å². The first kappa shape index (κ1) is 12.9. The number of aromatic nitrogens is 2. The summed E-state index contributed by atoms with van der Waals surface area (Å²) in [5.74, 6) is -1.89. The number of rotatable bonds is 1. The topological polar surface area (TPSA) is 47.2 Å². The molecule has 0 fully saturated rings.